The molecule has 0 aliphatic carbocycles. The van der Waals surface area contributed by atoms with Crippen LogP contribution in [-0.2, 0) is 20.1 Å². The molecule has 0 saturated heterocycles. The summed E-state index contributed by atoms with van der Waals surface area (Å²) in [5, 5.41) is 0.219. The Morgan fingerprint density at radius 1 is 1.21 bits per heavy atom. The number of rotatable bonds is 4. The van der Waals surface area contributed by atoms with E-state index in [1.54, 1.807) is 20.8 Å². The average Bonchev–Trinajstić information content (AvgIpc) is 2.42. The summed E-state index contributed by atoms with van der Waals surface area (Å²) in [7, 11) is -4.79. The van der Waals surface area contributed by atoms with E-state index in [4.69, 9.17) is 4.74 Å². The minimum absolute atomic E-state index is 0.0406. The van der Waals surface area contributed by atoms with Crippen molar-refractivity contribution in [1.29, 1.82) is 0 Å². The molecule has 0 fully saturated rings. The smallest absolute Gasteiger partial charge is 0.456 e. The number of hydrogen-bond acceptors (Lipinski definition) is 4. The van der Waals surface area contributed by atoms with Crippen LogP contribution in [0, 0.1) is 0 Å². The van der Waals surface area contributed by atoms with Gasteiger partial charge in [-0.25, -0.2) is 4.79 Å². The van der Waals surface area contributed by atoms with Gasteiger partial charge in [-0.15, -0.1) is 0 Å². The summed E-state index contributed by atoms with van der Waals surface area (Å²) in [4.78, 5) is 12.1. The van der Waals surface area contributed by atoms with E-state index in [0.717, 1.165) is 13.1 Å². The maximum absolute atomic E-state index is 12.7. The molecule has 0 saturated carbocycles. The van der Waals surface area contributed by atoms with E-state index >= 15 is 0 Å². The van der Waals surface area contributed by atoms with Gasteiger partial charge in [0.1, 0.15) is 5.60 Å². The fourth-order valence-electron chi connectivity index (χ4n) is 1.68. The van der Waals surface area contributed by atoms with Crippen molar-refractivity contribution in [1.82, 2.24) is 0 Å². The fourth-order valence-corrected chi connectivity index (χ4v) is 2.70. The van der Waals surface area contributed by atoms with E-state index in [9.17, 15) is 26.4 Å². The van der Waals surface area contributed by atoms with Crippen LogP contribution in [0.1, 0.15) is 36.7 Å². The zero-order chi connectivity index (χ0) is 18.9. The third kappa shape index (κ3) is 4.85. The lowest BCUT2D eigenvalue weighted by Gasteiger charge is -2.23. The van der Waals surface area contributed by atoms with Gasteiger partial charge in [-0.1, -0.05) is 15.9 Å². The monoisotopic (exact) mass is 431 g/mol. The Morgan fingerprint density at radius 2 is 1.75 bits per heavy atom. The van der Waals surface area contributed by atoms with Gasteiger partial charge in [0, 0.05) is 12.4 Å². The normalized spacial score (nSPS) is 12.8. The predicted molar refractivity (Wildman–Crippen MR) is 87.6 cm³/mol. The number of sulfonamides is 1. The molecule has 10 heteroatoms. The molecular formula is C14H17BrF3NO4S. The Kier molecular flexibility index (Phi) is 5.98. The van der Waals surface area contributed by atoms with Gasteiger partial charge in [-0.3, -0.25) is 4.31 Å². The molecule has 0 spiro atoms. The van der Waals surface area contributed by atoms with Gasteiger partial charge in [-0.05, 0) is 44.5 Å². The van der Waals surface area contributed by atoms with Crippen molar-refractivity contribution in [3.63, 3.8) is 0 Å². The molecule has 1 aromatic carbocycles. The number of halogens is 4. The molecule has 0 atom stereocenters. The van der Waals surface area contributed by atoms with Crippen LogP contribution in [0.5, 0.6) is 0 Å². The Morgan fingerprint density at radius 3 is 2.17 bits per heavy atom. The van der Waals surface area contributed by atoms with Crippen molar-refractivity contribution < 1.29 is 31.1 Å². The SMILES string of the molecule is CN(c1cc(CBr)cc(C(=O)OC(C)(C)C)c1)S(=O)(=O)C(F)(F)F. The van der Waals surface area contributed by atoms with Gasteiger partial charge in [0.25, 0.3) is 0 Å². The molecule has 0 heterocycles. The van der Waals surface area contributed by atoms with Crippen molar-refractivity contribution in [2.75, 3.05) is 11.4 Å². The lowest BCUT2D eigenvalue weighted by atomic mass is 10.1. The van der Waals surface area contributed by atoms with E-state index < -0.39 is 27.1 Å². The molecule has 1 aromatic rings. The van der Waals surface area contributed by atoms with Gasteiger partial charge in [0.15, 0.2) is 0 Å². The highest BCUT2D eigenvalue weighted by Gasteiger charge is 2.49. The second-order valence-electron chi connectivity index (χ2n) is 5.94. The summed E-state index contributed by atoms with van der Waals surface area (Å²) in [6, 6.07) is 3.70. The number of esters is 1. The highest BCUT2D eigenvalue weighted by atomic mass is 79.9. The number of ether oxygens (including phenoxy) is 1. The van der Waals surface area contributed by atoms with Crippen LogP contribution < -0.4 is 4.31 Å². The highest BCUT2D eigenvalue weighted by molar-refractivity contribution is 9.08. The molecule has 0 aliphatic rings. The summed E-state index contributed by atoms with van der Waals surface area (Å²) in [6.07, 6.45) is 0. The van der Waals surface area contributed by atoms with Crippen molar-refractivity contribution in [3.05, 3.63) is 29.3 Å². The quantitative estimate of drug-likeness (QED) is 0.536. The Hall–Kier alpha value is -1.29. The predicted octanol–water partition coefficient (Wildman–Crippen LogP) is 3.82. The molecule has 0 radical (unpaired) electrons. The fraction of sp³-hybridized carbons (Fsp3) is 0.500. The van der Waals surface area contributed by atoms with Gasteiger partial charge in [0.2, 0.25) is 0 Å². The number of hydrogen-bond donors (Lipinski definition) is 0. The molecule has 136 valence electrons. The first-order valence-electron chi connectivity index (χ1n) is 6.67. The molecule has 0 aliphatic heterocycles. The van der Waals surface area contributed by atoms with Crippen molar-refractivity contribution in [2.24, 2.45) is 0 Å². The summed E-state index contributed by atoms with van der Waals surface area (Å²) in [5.41, 5.74) is -6.15. The van der Waals surface area contributed by atoms with E-state index in [0.29, 0.717) is 5.56 Å². The second-order valence-corrected chi connectivity index (χ2v) is 8.46. The van der Waals surface area contributed by atoms with Crippen LogP contribution in [0.2, 0.25) is 0 Å². The summed E-state index contributed by atoms with van der Waals surface area (Å²) in [6.45, 7) is 4.92. The van der Waals surface area contributed by atoms with Crippen molar-refractivity contribution >= 4 is 37.6 Å². The van der Waals surface area contributed by atoms with E-state index in [2.05, 4.69) is 15.9 Å². The van der Waals surface area contributed by atoms with Crippen LogP contribution >= 0.6 is 15.9 Å². The largest absolute Gasteiger partial charge is 0.516 e. The minimum Gasteiger partial charge on any atom is -0.456 e. The lowest BCUT2D eigenvalue weighted by molar-refractivity contribution is -0.0437. The van der Waals surface area contributed by atoms with Crippen LogP contribution in [0.3, 0.4) is 0 Å². The van der Waals surface area contributed by atoms with Crippen LogP contribution in [0.15, 0.2) is 18.2 Å². The molecule has 24 heavy (non-hydrogen) atoms. The third-order valence-electron chi connectivity index (χ3n) is 2.78. The Labute approximate surface area is 147 Å². The Bertz CT molecular complexity index is 727. The van der Waals surface area contributed by atoms with Crippen LogP contribution in [-0.4, -0.2) is 32.5 Å². The van der Waals surface area contributed by atoms with E-state index in [-0.39, 0.29) is 20.9 Å². The molecule has 0 bridgehead atoms. The van der Waals surface area contributed by atoms with Gasteiger partial charge in [-0.2, -0.15) is 21.6 Å². The zero-order valence-electron chi connectivity index (χ0n) is 13.4. The number of nitrogens with zero attached hydrogens (tertiary/aromatic N) is 1. The maximum Gasteiger partial charge on any atom is 0.516 e. The van der Waals surface area contributed by atoms with Gasteiger partial charge in [0.05, 0.1) is 11.3 Å². The average molecular weight is 432 g/mol. The molecule has 0 aromatic heterocycles. The van der Waals surface area contributed by atoms with Crippen LogP contribution in [0.4, 0.5) is 18.9 Å². The topological polar surface area (TPSA) is 63.7 Å². The number of alkyl halides is 4. The first-order chi connectivity index (χ1) is 10.7. The summed E-state index contributed by atoms with van der Waals surface area (Å²) in [5.74, 6) is -0.760. The highest BCUT2D eigenvalue weighted by Crippen LogP contribution is 2.31. The van der Waals surface area contributed by atoms with Crippen molar-refractivity contribution in [2.45, 2.75) is 37.2 Å². The maximum atomic E-state index is 12.7. The number of anilines is 1. The first-order valence-corrected chi connectivity index (χ1v) is 9.23. The number of carbonyl (C=O) groups excluding carboxylic acids is 1. The number of carbonyl (C=O) groups is 1. The molecule has 0 unspecified atom stereocenters. The summed E-state index contributed by atoms with van der Waals surface area (Å²) < 4.78 is 66.4. The lowest BCUT2D eigenvalue weighted by Crippen LogP contribution is -2.38. The second kappa shape index (κ2) is 6.91. The third-order valence-corrected chi connectivity index (χ3v) is 4.95. The standard InChI is InChI=1S/C14H17BrF3NO4S/c1-13(2,3)23-12(20)10-5-9(8-15)6-11(7-10)19(4)24(21,22)14(16,17)18/h5-7H,8H2,1-4H3. The van der Waals surface area contributed by atoms with Crippen LogP contribution in [0.25, 0.3) is 0 Å². The molecular weight excluding hydrogens is 415 g/mol. The Balaban J connectivity index is 3.36. The van der Waals surface area contributed by atoms with Gasteiger partial charge >= 0.3 is 21.5 Å². The molecule has 0 N–H and O–H groups in total. The molecule has 0 amide bonds. The first kappa shape index (κ1) is 20.8. The van der Waals surface area contributed by atoms with E-state index in [1.165, 1.54) is 12.1 Å². The van der Waals surface area contributed by atoms with Gasteiger partial charge < -0.3 is 4.74 Å². The molecule has 5 nitrogen and oxygen atoms in total. The van der Waals surface area contributed by atoms with E-state index in [1.807, 2.05) is 0 Å². The zero-order valence-corrected chi connectivity index (χ0v) is 15.8. The number of benzene rings is 1. The van der Waals surface area contributed by atoms with Crippen molar-refractivity contribution in [3.8, 4) is 0 Å². The molecule has 1 rings (SSSR count). The minimum atomic E-state index is -5.57. The summed E-state index contributed by atoms with van der Waals surface area (Å²) >= 11 is 3.13.